The fraction of sp³-hybridized carbons (Fsp3) is 1.00. The molecule has 2 fully saturated rings. The van der Waals surface area contributed by atoms with Gasteiger partial charge in [-0.2, -0.15) is 13.2 Å². The van der Waals surface area contributed by atoms with Gasteiger partial charge in [0.1, 0.15) is 0 Å². The summed E-state index contributed by atoms with van der Waals surface area (Å²) >= 11 is 0. The van der Waals surface area contributed by atoms with Crippen molar-refractivity contribution in [3.05, 3.63) is 0 Å². The van der Waals surface area contributed by atoms with Gasteiger partial charge in [-0.25, -0.2) is 0 Å². The summed E-state index contributed by atoms with van der Waals surface area (Å²) in [6.45, 7) is 2.02. The van der Waals surface area contributed by atoms with Crippen molar-refractivity contribution in [2.24, 2.45) is 11.7 Å². The summed E-state index contributed by atoms with van der Waals surface area (Å²) in [5.41, 5.74) is 4.50. The zero-order chi connectivity index (χ0) is 13.6. The Morgan fingerprint density at radius 2 is 1.56 bits per heavy atom. The summed E-state index contributed by atoms with van der Waals surface area (Å²) in [5, 5.41) is 0. The van der Waals surface area contributed by atoms with Crippen LogP contribution in [0, 0.1) is 5.92 Å². The van der Waals surface area contributed by atoms with Crippen LogP contribution < -0.4 is 5.73 Å². The zero-order valence-electron chi connectivity index (χ0n) is 11.2. The summed E-state index contributed by atoms with van der Waals surface area (Å²) in [5.74, 6) is -1.05. The lowest BCUT2D eigenvalue weighted by Crippen LogP contribution is -2.44. The molecule has 1 aliphatic carbocycles. The number of piperidine rings is 1. The lowest BCUT2D eigenvalue weighted by molar-refractivity contribution is -0.187. The molecule has 0 amide bonds. The van der Waals surface area contributed by atoms with Crippen LogP contribution >= 0.6 is 0 Å². The number of likely N-dealkylation sites (tertiary alicyclic amines) is 1. The van der Waals surface area contributed by atoms with E-state index in [0.717, 1.165) is 38.8 Å². The zero-order valence-corrected chi connectivity index (χ0v) is 11.2. The van der Waals surface area contributed by atoms with E-state index in [0.29, 0.717) is 12.8 Å². The van der Waals surface area contributed by atoms with Crippen molar-refractivity contribution in [2.75, 3.05) is 20.1 Å². The monoisotopic (exact) mass is 266 g/mol. The second kappa shape index (κ2) is 7.34. The number of rotatable bonds is 1. The van der Waals surface area contributed by atoms with Gasteiger partial charge in [0, 0.05) is 6.04 Å². The summed E-state index contributed by atoms with van der Waals surface area (Å²) in [6, 6.07) is 0.195. The van der Waals surface area contributed by atoms with E-state index in [1.165, 1.54) is 13.5 Å². The van der Waals surface area contributed by atoms with Gasteiger partial charge in [-0.15, -0.1) is 0 Å². The normalized spacial score (nSPS) is 30.5. The summed E-state index contributed by atoms with van der Waals surface area (Å²) in [7, 11) is 1.50. The highest BCUT2D eigenvalue weighted by Gasteiger charge is 2.43. The van der Waals surface area contributed by atoms with Gasteiger partial charge in [-0.05, 0) is 52.2 Å². The van der Waals surface area contributed by atoms with Crippen LogP contribution in [0.2, 0.25) is 0 Å². The second-order valence-corrected chi connectivity index (χ2v) is 5.16. The molecule has 1 saturated carbocycles. The molecule has 0 radical (unpaired) electrons. The quantitative estimate of drug-likeness (QED) is 0.790. The van der Waals surface area contributed by atoms with E-state index in [1.54, 1.807) is 0 Å². The van der Waals surface area contributed by atoms with E-state index in [-0.39, 0.29) is 6.04 Å². The van der Waals surface area contributed by atoms with Crippen LogP contribution in [0.15, 0.2) is 0 Å². The molecule has 0 aromatic heterocycles. The van der Waals surface area contributed by atoms with Crippen molar-refractivity contribution in [1.82, 2.24) is 4.90 Å². The van der Waals surface area contributed by atoms with Gasteiger partial charge >= 0.3 is 6.18 Å². The lowest BCUT2D eigenvalue weighted by Gasteiger charge is -2.39. The van der Waals surface area contributed by atoms with Crippen LogP contribution in [-0.4, -0.2) is 37.3 Å². The molecule has 2 atom stereocenters. The molecule has 5 heteroatoms. The van der Waals surface area contributed by atoms with Gasteiger partial charge in [0.15, 0.2) is 0 Å². The SMILES string of the molecule is CN.FC(F)(F)C1CCCC(N2CCCCC2)C1. The van der Waals surface area contributed by atoms with E-state index in [2.05, 4.69) is 10.6 Å². The molecule has 1 heterocycles. The van der Waals surface area contributed by atoms with Gasteiger partial charge < -0.3 is 10.6 Å². The molecule has 2 nitrogen and oxygen atoms in total. The highest BCUT2D eigenvalue weighted by molar-refractivity contribution is 4.84. The van der Waals surface area contributed by atoms with Crippen LogP contribution in [0.4, 0.5) is 13.2 Å². The minimum atomic E-state index is -3.98. The van der Waals surface area contributed by atoms with E-state index >= 15 is 0 Å². The largest absolute Gasteiger partial charge is 0.391 e. The molecular weight excluding hydrogens is 241 g/mol. The smallest absolute Gasteiger partial charge is 0.333 e. The topological polar surface area (TPSA) is 29.3 Å². The maximum absolute atomic E-state index is 12.7. The van der Waals surface area contributed by atoms with Crippen LogP contribution in [0.3, 0.4) is 0 Å². The van der Waals surface area contributed by atoms with Crippen LogP contribution in [0.5, 0.6) is 0 Å². The Morgan fingerprint density at radius 3 is 2.11 bits per heavy atom. The maximum atomic E-state index is 12.7. The van der Waals surface area contributed by atoms with Gasteiger partial charge in [-0.3, -0.25) is 0 Å². The van der Waals surface area contributed by atoms with E-state index in [1.807, 2.05) is 0 Å². The highest BCUT2D eigenvalue weighted by atomic mass is 19.4. The number of alkyl halides is 3. The highest BCUT2D eigenvalue weighted by Crippen LogP contribution is 2.39. The first-order valence-electron chi connectivity index (χ1n) is 6.96. The van der Waals surface area contributed by atoms with Crippen molar-refractivity contribution < 1.29 is 13.2 Å². The first-order chi connectivity index (χ1) is 8.57. The number of nitrogens with two attached hydrogens (primary N) is 1. The molecule has 108 valence electrons. The van der Waals surface area contributed by atoms with Crippen molar-refractivity contribution in [3.8, 4) is 0 Å². The summed E-state index contributed by atoms with van der Waals surface area (Å²) in [4.78, 5) is 2.29. The molecule has 2 rings (SSSR count). The fourth-order valence-electron chi connectivity index (χ4n) is 3.08. The average molecular weight is 266 g/mol. The standard InChI is InChI=1S/C12H20F3N.CH5N/c13-12(14,15)10-5-4-6-11(9-10)16-7-2-1-3-8-16;1-2/h10-11H,1-9H2;2H2,1H3. The van der Waals surface area contributed by atoms with Crippen LogP contribution in [0.1, 0.15) is 44.9 Å². The van der Waals surface area contributed by atoms with Gasteiger partial charge in [0.05, 0.1) is 5.92 Å². The predicted molar refractivity (Wildman–Crippen MR) is 67.3 cm³/mol. The number of nitrogens with zero attached hydrogens (tertiary/aromatic N) is 1. The molecule has 2 N–H and O–H groups in total. The molecule has 0 aromatic carbocycles. The van der Waals surface area contributed by atoms with Gasteiger partial charge in [-0.1, -0.05) is 12.8 Å². The third-order valence-corrected chi connectivity index (χ3v) is 4.02. The third kappa shape index (κ3) is 4.43. The second-order valence-electron chi connectivity index (χ2n) is 5.16. The Kier molecular flexibility index (Phi) is 6.43. The Balaban J connectivity index is 0.000000771. The first-order valence-corrected chi connectivity index (χ1v) is 6.96. The molecule has 1 aliphatic heterocycles. The Bertz CT molecular complexity index is 225. The van der Waals surface area contributed by atoms with Crippen molar-refractivity contribution in [2.45, 2.75) is 57.2 Å². The third-order valence-electron chi connectivity index (χ3n) is 4.02. The van der Waals surface area contributed by atoms with Crippen LogP contribution in [-0.2, 0) is 0 Å². The first kappa shape index (κ1) is 15.8. The van der Waals surface area contributed by atoms with E-state index in [4.69, 9.17) is 0 Å². The average Bonchev–Trinajstić information content (AvgIpc) is 2.41. The molecular formula is C13H25F3N2. The fourth-order valence-corrected chi connectivity index (χ4v) is 3.08. The molecule has 2 aliphatic rings. The summed E-state index contributed by atoms with van der Waals surface area (Å²) in [6.07, 6.45) is 1.97. The Hall–Kier alpha value is -0.290. The van der Waals surface area contributed by atoms with Gasteiger partial charge in [0.25, 0.3) is 0 Å². The minimum absolute atomic E-state index is 0.195. The van der Waals surface area contributed by atoms with E-state index in [9.17, 15) is 13.2 Å². The van der Waals surface area contributed by atoms with Crippen molar-refractivity contribution in [1.29, 1.82) is 0 Å². The summed E-state index contributed by atoms with van der Waals surface area (Å²) < 4.78 is 38.0. The van der Waals surface area contributed by atoms with E-state index < -0.39 is 12.1 Å². The predicted octanol–water partition coefficient (Wildman–Crippen LogP) is 3.17. The number of hydrogen-bond acceptors (Lipinski definition) is 2. The lowest BCUT2D eigenvalue weighted by atomic mass is 9.84. The molecule has 18 heavy (non-hydrogen) atoms. The Labute approximate surface area is 108 Å². The minimum Gasteiger partial charge on any atom is -0.333 e. The molecule has 1 saturated heterocycles. The molecule has 0 aromatic rings. The Morgan fingerprint density at radius 1 is 0.944 bits per heavy atom. The van der Waals surface area contributed by atoms with Crippen LogP contribution in [0.25, 0.3) is 0 Å². The van der Waals surface area contributed by atoms with Gasteiger partial charge in [0.2, 0.25) is 0 Å². The maximum Gasteiger partial charge on any atom is 0.391 e. The number of hydrogen-bond donors (Lipinski definition) is 1. The molecule has 0 spiro atoms. The molecule has 0 bridgehead atoms. The molecule has 2 unspecified atom stereocenters. The van der Waals surface area contributed by atoms with Crippen molar-refractivity contribution >= 4 is 0 Å². The van der Waals surface area contributed by atoms with Crippen molar-refractivity contribution in [3.63, 3.8) is 0 Å². The number of halogens is 3.